The third-order valence-corrected chi connectivity index (χ3v) is 2.50. The van der Waals surface area contributed by atoms with E-state index in [9.17, 15) is 0 Å². The Balaban J connectivity index is 2.34. The number of anilines is 3. The molecule has 0 saturated carbocycles. The number of pyridine rings is 1. The molecule has 0 bridgehead atoms. The number of benzene rings is 1. The van der Waals surface area contributed by atoms with Crippen LogP contribution in [0.1, 0.15) is 11.1 Å². The number of hydrogen-bond donors (Lipinski definition) is 2. The highest BCUT2D eigenvalue weighted by molar-refractivity contribution is 5.64. The number of nitrogen functional groups attached to an aromatic ring is 1. The molecule has 0 unspecified atom stereocenters. The maximum atomic E-state index is 5.64. The van der Waals surface area contributed by atoms with Crippen molar-refractivity contribution in [2.75, 3.05) is 11.1 Å². The first kappa shape index (κ1) is 10.5. The molecule has 1 heterocycles. The average molecular weight is 213 g/mol. The zero-order chi connectivity index (χ0) is 11.5. The van der Waals surface area contributed by atoms with E-state index in [1.807, 2.05) is 18.2 Å². The fraction of sp³-hybridized carbons (Fsp3) is 0.154. The smallest absolute Gasteiger partial charge is 0.132 e. The van der Waals surface area contributed by atoms with Gasteiger partial charge in [0, 0.05) is 5.69 Å². The molecule has 3 heteroatoms. The highest BCUT2D eigenvalue weighted by atomic mass is 15.0. The molecule has 0 aliphatic rings. The van der Waals surface area contributed by atoms with Gasteiger partial charge in [-0.05, 0) is 37.1 Å². The molecule has 3 N–H and O–H groups in total. The Morgan fingerprint density at radius 2 is 1.62 bits per heavy atom. The molecule has 0 amide bonds. The van der Waals surface area contributed by atoms with E-state index in [4.69, 9.17) is 5.73 Å². The Kier molecular flexibility index (Phi) is 2.77. The summed E-state index contributed by atoms with van der Waals surface area (Å²) >= 11 is 0. The fourth-order valence-electron chi connectivity index (χ4n) is 1.66. The van der Waals surface area contributed by atoms with E-state index < -0.39 is 0 Å². The molecular weight excluding hydrogens is 198 g/mol. The number of rotatable bonds is 2. The Hall–Kier alpha value is -2.03. The van der Waals surface area contributed by atoms with Gasteiger partial charge in [-0.25, -0.2) is 4.98 Å². The van der Waals surface area contributed by atoms with Crippen molar-refractivity contribution in [3.8, 4) is 0 Å². The SMILES string of the molecule is Cc1cccc(C)c1Nc1cccc(N)n1. The van der Waals surface area contributed by atoms with Gasteiger partial charge in [-0.3, -0.25) is 0 Å². The van der Waals surface area contributed by atoms with Crippen molar-refractivity contribution in [2.45, 2.75) is 13.8 Å². The minimum absolute atomic E-state index is 0.524. The Bertz CT molecular complexity index is 486. The highest BCUT2D eigenvalue weighted by Crippen LogP contribution is 2.23. The van der Waals surface area contributed by atoms with Crippen LogP contribution in [0.25, 0.3) is 0 Å². The molecule has 1 aromatic heterocycles. The van der Waals surface area contributed by atoms with Crippen molar-refractivity contribution in [3.05, 3.63) is 47.5 Å². The summed E-state index contributed by atoms with van der Waals surface area (Å²) in [4.78, 5) is 4.22. The van der Waals surface area contributed by atoms with Gasteiger partial charge in [0.15, 0.2) is 0 Å². The molecule has 0 aliphatic heterocycles. The molecule has 2 rings (SSSR count). The van der Waals surface area contributed by atoms with E-state index in [1.54, 1.807) is 6.07 Å². The summed E-state index contributed by atoms with van der Waals surface area (Å²) in [6.07, 6.45) is 0. The quantitative estimate of drug-likeness (QED) is 0.806. The first-order valence-corrected chi connectivity index (χ1v) is 5.22. The van der Waals surface area contributed by atoms with Crippen LogP contribution in [0.15, 0.2) is 36.4 Å². The lowest BCUT2D eigenvalue weighted by molar-refractivity contribution is 1.28. The number of nitrogens with one attached hydrogen (secondary N) is 1. The van der Waals surface area contributed by atoms with E-state index >= 15 is 0 Å². The summed E-state index contributed by atoms with van der Waals surface area (Å²) in [7, 11) is 0. The molecule has 82 valence electrons. The first-order valence-electron chi connectivity index (χ1n) is 5.22. The number of aryl methyl sites for hydroxylation is 2. The predicted octanol–water partition coefficient (Wildman–Crippen LogP) is 3.02. The lowest BCUT2D eigenvalue weighted by Gasteiger charge is -2.11. The monoisotopic (exact) mass is 213 g/mol. The fourth-order valence-corrected chi connectivity index (χ4v) is 1.66. The van der Waals surface area contributed by atoms with E-state index in [0.717, 1.165) is 11.5 Å². The standard InChI is InChI=1S/C13H15N3/c1-9-5-3-6-10(2)13(9)16-12-8-4-7-11(14)15-12/h3-8H,1-2H3,(H3,14,15,16). The number of para-hydroxylation sites is 1. The van der Waals surface area contributed by atoms with Gasteiger partial charge in [0.25, 0.3) is 0 Å². The van der Waals surface area contributed by atoms with Crippen LogP contribution in [0.4, 0.5) is 17.3 Å². The molecule has 0 aliphatic carbocycles. The molecular formula is C13H15N3. The van der Waals surface area contributed by atoms with Crippen LogP contribution >= 0.6 is 0 Å². The van der Waals surface area contributed by atoms with Gasteiger partial charge in [-0.15, -0.1) is 0 Å². The van der Waals surface area contributed by atoms with E-state index in [2.05, 4.69) is 36.3 Å². The largest absolute Gasteiger partial charge is 0.384 e. The minimum Gasteiger partial charge on any atom is -0.384 e. The van der Waals surface area contributed by atoms with Gasteiger partial charge < -0.3 is 11.1 Å². The van der Waals surface area contributed by atoms with Gasteiger partial charge >= 0.3 is 0 Å². The molecule has 0 radical (unpaired) electrons. The molecule has 0 fully saturated rings. The van der Waals surface area contributed by atoms with E-state index in [-0.39, 0.29) is 0 Å². The molecule has 3 nitrogen and oxygen atoms in total. The summed E-state index contributed by atoms with van der Waals surface area (Å²) in [5.41, 5.74) is 9.13. The predicted molar refractivity (Wildman–Crippen MR) is 67.8 cm³/mol. The van der Waals surface area contributed by atoms with Crippen molar-refractivity contribution in [3.63, 3.8) is 0 Å². The summed E-state index contributed by atoms with van der Waals surface area (Å²) in [5.74, 6) is 1.30. The van der Waals surface area contributed by atoms with Crippen molar-refractivity contribution in [1.29, 1.82) is 0 Å². The summed E-state index contributed by atoms with van der Waals surface area (Å²) < 4.78 is 0. The maximum absolute atomic E-state index is 5.64. The zero-order valence-corrected chi connectivity index (χ0v) is 9.49. The van der Waals surface area contributed by atoms with Gasteiger partial charge in [0.05, 0.1) is 0 Å². The van der Waals surface area contributed by atoms with Gasteiger partial charge in [-0.1, -0.05) is 24.3 Å². The van der Waals surface area contributed by atoms with Gasteiger partial charge in [0.2, 0.25) is 0 Å². The van der Waals surface area contributed by atoms with Crippen molar-refractivity contribution in [1.82, 2.24) is 4.98 Å². The molecule has 2 aromatic rings. The Morgan fingerprint density at radius 3 is 2.25 bits per heavy atom. The van der Waals surface area contributed by atoms with E-state index in [1.165, 1.54) is 11.1 Å². The highest BCUT2D eigenvalue weighted by Gasteiger charge is 2.02. The maximum Gasteiger partial charge on any atom is 0.132 e. The van der Waals surface area contributed by atoms with Crippen LogP contribution in [-0.4, -0.2) is 4.98 Å². The number of hydrogen-bond acceptors (Lipinski definition) is 3. The molecule has 1 aromatic carbocycles. The summed E-state index contributed by atoms with van der Waals surface area (Å²) in [6.45, 7) is 4.14. The van der Waals surface area contributed by atoms with Crippen molar-refractivity contribution < 1.29 is 0 Å². The van der Waals surface area contributed by atoms with Crippen LogP contribution in [-0.2, 0) is 0 Å². The average Bonchev–Trinajstić information content (AvgIpc) is 2.24. The lowest BCUT2D eigenvalue weighted by atomic mass is 10.1. The lowest BCUT2D eigenvalue weighted by Crippen LogP contribution is -1.99. The zero-order valence-electron chi connectivity index (χ0n) is 9.49. The Morgan fingerprint density at radius 1 is 1.00 bits per heavy atom. The molecule has 0 saturated heterocycles. The Labute approximate surface area is 95.3 Å². The second kappa shape index (κ2) is 4.23. The van der Waals surface area contributed by atoms with Gasteiger partial charge in [0.1, 0.15) is 11.6 Å². The van der Waals surface area contributed by atoms with Crippen LogP contribution in [0, 0.1) is 13.8 Å². The van der Waals surface area contributed by atoms with Crippen molar-refractivity contribution in [2.24, 2.45) is 0 Å². The first-order chi connectivity index (χ1) is 7.66. The third-order valence-electron chi connectivity index (χ3n) is 2.50. The minimum atomic E-state index is 0.524. The topological polar surface area (TPSA) is 50.9 Å². The van der Waals surface area contributed by atoms with E-state index in [0.29, 0.717) is 5.82 Å². The van der Waals surface area contributed by atoms with Crippen LogP contribution < -0.4 is 11.1 Å². The normalized spacial score (nSPS) is 10.1. The summed E-state index contributed by atoms with van der Waals surface area (Å²) in [6, 6.07) is 11.8. The molecule has 0 atom stereocenters. The van der Waals surface area contributed by atoms with Crippen LogP contribution in [0.2, 0.25) is 0 Å². The number of nitrogens with two attached hydrogens (primary N) is 1. The number of aromatic nitrogens is 1. The second-order valence-corrected chi connectivity index (χ2v) is 3.84. The van der Waals surface area contributed by atoms with Crippen LogP contribution in [0.3, 0.4) is 0 Å². The van der Waals surface area contributed by atoms with Gasteiger partial charge in [-0.2, -0.15) is 0 Å². The molecule has 0 spiro atoms. The molecule has 16 heavy (non-hydrogen) atoms. The summed E-state index contributed by atoms with van der Waals surface area (Å²) in [5, 5.41) is 3.29. The van der Waals surface area contributed by atoms with Crippen molar-refractivity contribution >= 4 is 17.3 Å². The number of nitrogens with zero attached hydrogens (tertiary/aromatic N) is 1. The second-order valence-electron chi connectivity index (χ2n) is 3.84. The third kappa shape index (κ3) is 2.14. The van der Waals surface area contributed by atoms with Crippen LogP contribution in [0.5, 0.6) is 0 Å².